The van der Waals surface area contributed by atoms with Crippen LogP contribution in [0.15, 0.2) is 0 Å². The Balaban J connectivity index is 1.83. The van der Waals surface area contributed by atoms with E-state index in [4.69, 9.17) is 0 Å². The van der Waals surface area contributed by atoms with Gasteiger partial charge in [0, 0.05) is 19.1 Å². The molecule has 86 valence electrons. The highest BCUT2D eigenvalue weighted by atomic mass is 79.9. The Labute approximate surface area is 99.9 Å². The molecule has 0 aromatic rings. The molecular formula is C11H19BrN2O. The smallest absolute Gasteiger partial charge is 0.236 e. The second kappa shape index (κ2) is 4.83. The topological polar surface area (TPSA) is 23.6 Å². The Bertz CT molecular complexity index is 241. The fraction of sp³-hybridized carbons (Fsp3) is 0.909. The van der Waals surface area contributed by atoms with Crippen LogP contribution in [-0.2, 0) is 4.79 Å². The van der Waals surface area contributed by atoms with Crippen molar-refractivity contribution in [2.45, 2.75) is 37.1 Å². The molecule has 0 aromatic carbocycles. The van der Waals surface area contributed by atoms with Crippen LogP contribution < -0.4 is 0 Å². The summed E-state index contributed by atoms with van der Waals surface area (Å²) in [6.07, 6.45) is 3.60. The predicted molar refractivity (Wildman–Crippen MR) is 64.2 cm³/mol. The fourth-order valence-electron chi connectivity index (χ4n) is 2.50. The average molecular weight is 275 g/mol. The monoisotopic (exact) mass is 274 g/mol. The summed E-state index contributed by atoms with van der Waals surface area (Å²) in [5.41, 5.74) is 0. The number of hydrogen-bond acceptors (Lipinski definition) is 2. The van der Waals surface area contributed by atoms with E-state index in [0.29, 0.717) is 6.04 Å². The minimum absolute atomic E-state index is 0.0725. The molecule has 0 spiro atoms. The van der Waals surface area contributed by atoms with Gasteiger partial charge in [-0.25, -0.2) is 0 Å². The first-order valence-corrected chi connectivity index (χ1v) is 6.77. The second-order valence-corrected chi connectivity index (χ2v) is 5.74. The lowest BCUT2D eigenvalue weighted by atomic mass is 10.3. The van der Waals surface area contributed by atoms with Crippen LogP contribution >= 0.6 is 15.9 Å². The van der Waals surface area contributed by atoms with E-state index in [1.807, 2.05) is 4.90 Å². The van der Waals surface area contributed by atoms with Crippen molar-refractivity contribution < 1.29 is 4.79 Å². The molecule has 2 unspecified atom stereocenters. The molecule has 0 saturated carbocycles. The molecular weight excluding hydrogens is 256 g/mol. The number of rotatable bonds is 3. The van der Waals surface area contributed by atoms with Crippen molar-refractivity contribution in [1.29, 1.82) is 0 Å². The van der Waals surface area contributed by atoms with Crippen LogP contribution in [-0.4, -0.2) is 52.8 Å². The summed E-state index contributed by atoms with van der Waals surface area (Å²) in [6.45, 7) is 6.48. The molecule has 0 aromatic heterocycles. The maximum Gasteiger partial charge on any atom is 0.236 e. The molecule has 4 heteroatoms. The Morgan fingerprint density at radius 2 is 2.07 bits per heavy atom. The van der Waals surface area contributed by atoms with Gasteiger partial charge < -0.3 is 4.90 Å². The van der Waals surface area contributed by atoms with E-state index in [0.717, 1.165) is 19.5 Å². The zero-order valence-electron chi connectivity index (χ0n) is 9.29. The lowest BCUT2D eigenvalue weighted by molar-refractivity contribution is -0.127. The average Bonchev–Trinajstić information content (AvgIpc) is 2.83. The number of likely N-dealkylation sites (tertiary alicyclic amines) is 2. The highest BCUT2D eigenvalue weighted by molar-refractivity contribution is 9.10. The van der Waals surface area contributed by atoms with Crippen molar-refractivity contribution >= 4 is 21.8 Å². The SMILES string of the molecule is CC(CN1CCC(Br)C1=O)N1CCCC1. The van der Waals surface area contributed by atoms with E-state index >= 15 is 0 Å². The maximum absolute atomic E-state index is 11.7. The summed E-state index contributed by atoms with van der Waals surface area (Å²) in [4.78, 5) is 16.3. The van der Waals surface area contributed by atoms with Gasteiger partial charge >= 0.3 is 0 Å². The van der Waals surface area contributed by atoms with Gasteiger partial charge in [0.25, 0.3) is 0 Å². The van der Waals surface area contributed by atoms with Crippen LogP contribution in [0.1, 0.15) is 26.2 Å². The second-order valence-electron chi connectivity index (χ2n) is 4.63. The number of hydrogen-bond donors (Lipinski definition) is 0. The van der Waals surface area contributed by atoms with Gasteiger partial charge in [-0.3, -0.25) is 9.69 Å². The molecule has 0 N–H and O–H groups in total. The van der Waals surface area contributed by atoms with E-state index in [-0.39, 0.29) is 10.7 Å². The molecule has 2 saturated heterocycles. The first kappa shape index (κ1) is 11.4. The predicted octanol–water partition coefficient (Wildman–Crippen LogP) is 1.47. The van der Waals surface area contributed by atoms with Crippen LogP contribution in [0.25, 0.3) is 0 Å². The van der Waals surface area contributed by atoms with E-state index in [9.17, 15) is 4.79 Å². The van der Waals surface area contributed by atoms with Crippen LogP contribution in [0, 0.1) is 0 Å². The van der Waals surface area contributed by atoms with Crippen LogP contribution in [0.2, 0.25) is 0 Å². The zero-order valence-corrected chi connectivity index (χ0v) is 10.9. The molecule has 15 heavy (non-hydrogen) atoms. The molecule has 0 aliphatic carbocycles. The summed E-state index contributed by atoms with van der Waals surface area (Å²) in [6, 6.07) is 0.522. The Morgan fingerprint density at radius 3 is 2.60 bits per heavy atom. The minimum Gasteiger partial charge on any atom is -0.340 e. The van der Waals surface area contributed by atoms with Crippen molar-refractivity contribution in [3.05, 3.63) is 0 Å². The van der Waals surface area contributed by atoms with Gasteiger partial charge in [0.1, 0.15) is 0 Å². The van der Waals surface area contributed by atoms with E-state index < -0.39 is 0 Å². The minimum atomic E-state index is 0.0725. The number of amides is 1. The third-order valence-electron chi connectivity index (χ3n) is 3.48. The highest BCUT2D eigenvalue weighted by Crippen LogP contribution is 2.20. The largest absolute Gasteiger partial charge is 0.340 e. The number of nitrogens with zero attached hydrogens (tertiary/aromatic N) is 2. The molecule has 3 nitrogen and oxygen atoms in total. The van der Waals surface area contributed by atoms with E-state index in [2.05, 4.69) is 27.8 Å². The van der Waals surface area contributed by atoms with Gasteiger partial charge in [0.15, 0.2) is 0 Å². The normalized spacial score (nSPS) is 30.1. The van der Waals surface area contributed by atoms with Gasteiger partial charge in [0.05, 0.1) is 4.83 Å². The van der Waals surface area contributed by atoms with Crippen molar-refractivity contribution in [3.63, 3.8) is 0 Å². The quantitative estimate of drug-likeness (QED) is 0.728. The van der Waals surface area contributed by atoms with E-state index in [1.54, 1.807) is 0 Å². The molecule has 0 radical (unpaired) electrons. The molecule has 1 amide bonds. The summed E-state index contributed by atoms with van der Waals surface area (Å²) < 4.78 is 0. The summed E-state index contributed by atoms with van der Waals surface area (Å²) in [5.74, 6) is 0.279. The number of alkyl halides is 1. The first-order chi connectivity index (χ1) is 7.18. The standard InChI is InChI=1S/C11H19BrN2O/c1-9(13-5-2-3-6-13)8-14-7-4-10(12)11(14)15/h9-10H,2-8H2,1H3. The third kappa shape index (κ3) is 2.53. The number of carbonyl (C=O) groups excluding carboxylic acids is 1. The third-order valence-corrected chi connectivity index (χ3v) is 4.33. The van der Waals surface area contributed by atoms with Gasteiger partial charge in [-0.1, -0.05) is 15.9 Å². The van der Waals surface area contributed by atoms with Crippen molar-refractivity contribution in [2.75, 3.05) is 26.2 Å². The van der Waals surface area contributed by atoms with Gasteiger partial charge in [-0.2, -0.15) is 0 Å². The van der Waals surface area contributed by atoms with Crippen LogP contribution in [0.4, 0.5) is 0 Å². The Morgan fingerprint density at radius 1 is 1.40 bits per heavy atom. The molecule has 2 heterocycles. The molecule has 2 atom stereocenters. The maximum atomic E-state index is 11.7. The highest BCUT2D eigenvalue weighted by Gasteiger charge is 2.31. The van der Waals surface area contributed by atoms with E-state index in [1.165, 1.54) is 25.9 Å². The van der Waals surface area contributed by atoms with Crippen molar-refractivity contribution in [1.82, 2.24) is 9.80 Å². The Kier molecular flexibility index (Phi) is 3.67. The lowest BCUT2D eigenvalue weighted by Crippen LogP contribution is -2.42. The molecule has 2 fully saturated rings. The van der Waals surface area contributed by atoms with Crippen molar-refractivity contribution in [3.8, 4) is 0 Å². The van der Waals surface area contributed by atoms with Gasteiger partial charge in [-0.05, 0) is 39.3 Å². The first-order valence-electron chi connectivity index (χ1n) is 5.85. The van der Waals surface area contributed by atoms with Crippen LogP contribution in [0.3, 0.4) is 0 Å². The number of carbonyl (C=O) groups is 1. The zero-order chi connectivity index (χ0) is 10.8. The fourth-order valence-corrected chi connectivity index (χ4v) is 2.99. The van der Waals surface area contributed by atoms with Crippen LogP contribution in [0.5, 0.6) is 0 Å². The van der Waals surface area contributed by atoms with Gasteiger partial charge in [-0.15, -0.1) is 0 Å². The lowest BCUT2D eigenvalue weighted by Gasteiger charge is -2.28. The summed E-state index contributed by atoms with van der Waals surface area (Å²) in [5, 5.41) is 0. The number of halogens is 1. The van der Waals surface area contributed by atoms with Crippen molar-refractivity contribution in [2.24, 2.45) is 0 Å². The molecule has 2 rings (SSSR count). The van der Waals surface area contributed by atoms with Gasteiger partial charge in [0.2, 0.25) is 5.91 Å². The molecule has 0 bridgehead atoms. The summed E-state index contributed by atoms with van der Waals surface area (Å²) in [7, 11) is 0. The summed E-state index contributed by atoms with van der Waals surface area (Å²) >= 11 is 3.41. The molecule has 2 aliphatic heterocycles. The Hall–Kier alpha value is -0.0900. The molecule has 2 aliphatic rings.